The van der Waals surface area contributed by atoms with Crippen molar-refractivity contribution in [3.63, 3.8) is 0 Å². The van der Waals surface area contributed by atoms with Gasteiger partial charge in [0.15, 0.2) is 0 Å². The quantitative estimate of drug-likeness (QED) is 0.842. The van der Waals surface area contributed by atoms with Crippen LogP contribution in [0.5, 0.6) is 5.75 Å². The number of para-hydroxylation sites is 1. The van der Waals surface area contributed by atoms with Crippen molar-refractivity contribution in [2.24, 2.45) is 0 Å². The van der Waals surface area contributed by atoms with Crippen LogP contribution in [0.2, 0.25) is 0 Å². The average Bonchev–Trinajstić information content (AvgIpc) is 2.48. The zero-order valence-corrected chi connectivity index (χ0v) is 11.7. The number of benzene rings is 2. The van der Waals surface area contributed by atoms with Crippen LogP contribution in [0, 0.1) is 5.82 Å². The lowest BCUT2D eigenvalue weighted by molar-refractivity contribution is 0.102. The summed E-state index contributed by atoms with van der Waals surface area (Å²) in [7, 11) is 0. The SMILES string of the molecule is C=C(C)COc1cccc(C(=O)Nc2ccccc2F)c1. The van der Waals surface area contributed by atoms with E-state index in [2.05, 4.69) is 11.9 Å². The molecule has 0 aromatic heterocycles. The summed E-state index contributed by atoms with van der Waals surface area (Å²) in [6, 6.07) is 12.7. The van der Waals surface area contributed by atoms with E-state index in [9.17, 15) is 9.18 Å². The molecule has 2 aromatic rings. The second-order valence-electron chi connectivity index (χ2n) is 4.71. The number of hydrogen-bond donors (Lipinski definition) is 1. The first-order chi connectivity index (χ1) is 10.1. The Morgan fingerprint density at radius 3 is 2.71 bits per heavy atom. The molecule has 0 aliphatic heterocycles. The average molecular weight is 285 g/mol. The minimum atomic E-state index is -0.472. The molecular weight excluding hydrogens is 269 g/mol. The molecule has 0 saturated carbocycles. The Morgan fingerprint density at radius 1 is 1.24 bits per heavy atom. The summed E-state index contributed by atoms with van der Waals surface area (Å²) in [4.78, 5) is 12.1. The first-order valence-electron chi connectivity index (χ1n) is 6.49. The number of hydrogen-bond acceptors (Lipinski definition) is 2. The molecule has 0 spiro atoms. The van der Waals surface area contributed by atoms with Crippen molar-refractivity contribution < 1.29 is 13.9 Å². The molecule has 4 heteroatoms. The van der Waals surface area contributed by atoms with Crippen LogP contribution < -0.4 is 10.1 Å². The number of ether oxygens (including phenoxy) is 1. The number of amides is 1. The van der Waals surface area contributed by atoms with Crippen molar-refractivity contribution in [2.45, 2.75) is 6.92 Å². The Balaban J connectivity index is 2.11. The number of carbonyl (C=O) groups excluding carboxylic acids is 1. The molecule has 1 amide bonds. The van der Waals surface area contributed by atoms with Crippen LogP contribution in [-0.2, 0) is 0 Å². The Morgan fingerprint density at radius 2 is 2.00 bits per heavy atom. The second kappa shape index (κ2) is 6.70. The Labute approximate surface area is 123 Å². The van der Waals surface area contributed by atoms with Crippen LogP contribution in [0.25, 0.3) is 0 Å². The number of carbonyl (C=O) groups is 1. The maximum Gasteiger partial charge on any atom is 0.255 e. The smallest absolute Gasteiger partial charge is 0.255 e. The number of nitrogens with one attached hydrogen (secondary N) is 1. The van der Waals surface area contributed by atoms with Gasteiger partial charge in [0, 0.05) is 5.56 Å². The molecule has 0 heterocycles. The van der Waals surface area contributed by atoms with Crippen molar-refractivity contribution in [3.8, 4) is 5.75 Å². The van der Waals surface area contributed by atoms with Gasteiger partial charge in [0.25, 0.3) is 5.91 Å². The van der Waals surface area contributed by atoms with Crippen molar-refractivity contribution >= 4 is 11.6 Å². The highest BCUT2D eigenvalue weighted by Crippen LogP contribution is 2.17. The molecule has 0 atom stereocenters. The van der Waals surface area contributed by atoms with Gasteiger partial charge in [-0.2, -0.15) is 0 Å². The normalized spacial score (nSPS) is 10.0. The molecule has 0 unspecified atom stereocenters. The summed E-state index contributed by atoms with van der Waals surface area (Å²) in [5.41, 5.74) is 1.43. The fourth-order valence-electron chi connectivity index (χ4n) is 1.69. The lowest BCUT2D eigenvalue weighted by Gasteiger charge is -2.09. The third-order valence-electron chi connectivity index (χ3n) is 2.70. The molecular formula is C17H16FNO2. The van der Waals surface area contributed by atoms with Crippen LogP contribution in [-0.4, -0.2) is 12.5 Å². The van der Waals surface area contributed by atoms with Gasteiger partial charge < -0.3 is 10.1 Å². The van der Waals surface area contributed by atoms with Crippen LogP contribution >= 0.6 is 0 Å². The van der Waals surface area contributed by atoms with Gasteiger partial charge in [-0.05, 0) is 42.8 Å². The summed E-state index contributed by atoms with van der Waals surface area (Å²) < 4.78 is 19.0. The van der Waals surface area contributed by atoms with Gasteiger partial charge in [-0.1, -0.05) is 24.8 Å². The van der Waals surface area contributed by atoms with E-state index in [-0.39, 0.29) is 11.6 Å². The Kier molecular flexibility index (Phi) is 4.72. The van der Waals surface area contributed by atoms with E-state index in [0.717, 1.165) is 5.57 Å². The highest BCUT2D eigenvalue weighted by Gasteiger charge is 2.09. The molecule has 0 saturated heterocycles. The van der Waals surface area contributed by atoms with Gasteiger partial charge in [0.2, 0.25) is 0 Å². The monoisotopic (exact) mass is 285 g/mol. The second-order valence-corrected chi connectivity index (χ2v) is 4.71. The number of rotatable bonds is 5. The number of anilines is 1. The van der Waals surface area contributed by atoms with E-state index >= 15 is 0 Å². The molecule has 0 bridgehead atoms. The molecule has 1 N–H and O–H groups in total. The lowest BCUT2D eigenvalue weighted by atomic mass is 10.2. The van der Waals surface area contributed by atoms with E-state index in [0.29, 0.717) is 17.9 Å². The molecule has 2 aromatic carbocycles. The molecule has 3 nitrogen and oxygen atoms in total. The van der Waals surface area contributed by atoms with Gasteiger partial charge in [-0.3, -0.25) is 4.79 Å². The molecule has 0 aliphatic carbocycles. The molecule has 0 aliphatic rings. The standard InChI is InChI=1S/C17H16FNO2/c1-12(2)11-21-14-7-5-6-13(10-14)17(20)19-16-9-4-3-8-15(16)18/h3-10H,1,11H2,2H3,(H,19,20). The molecule has 21 heavy (non-hydrogen) atoms. The first kappa shape index (κ1) is 14.8. The van der Waals surface area contributed by atoms with Crippen molar-refractivity contribution in [1.82, 2.24) is 0 Å². The third kappa shape index (κ3) is 4.18. The topological polar surface area (TPSA) is 38.3 Å². The molecule has 0 fully saturated rings. The lowest BCUT2D eigenvalue weighted by Crippen LogP contribution is -2.13. The largest absolute Gasteiger partial charge is 0.489 e. The fourth-order valence-corrected chi connectivity index (χ4v) is 1.69. The van der Waals surface area contributed by atoms with E-state index in [1.807, 2.05) is 6.92 Å². The predicted molar refractivity (Wildman–Crippen MR) is 81.1 cm³/mol. The van der Waals surface area contributed by atoms with Crippen LogP contribution in [0.4, 0.5) is 10.1 Å². The van der Waals surface area contributed by atoms with E-state index in [4.69, 9.17) is 4.74 Å². The van der Waals surface area contributed by atoms with Crippen molar-refractivity contribution in [1.29, 1.82) is 0 Å². The minimum absolute atomic E-state index is 0.149. The summed E-state index contributed by atoms with van der Waals surface area (Å²) in [6.07, 6.45) is 0. The minimum Gasteiger partial charge on any atom is -0.489 e. The summed E-state index contributed by atoms with van der Waals surface area (Å²) in [6.45, 7) is 5.99. The maximum absolute atomic E-state index is 13.5. The highest BCUT2D eigenvalue weighted by molar-refractivity contribution is 6.04. The van der Waals surface area contributed by atoms with Gasteiger partial charge in [-0.25, -0.2) is 4.39 Å². The van der Waals surface area contributed by atoms with Crippen LogP contribution in [0.15, 0.2) is 60.7 Å². The third-order valence-corrected chi connectivity index (χ3v) is 2.70. The van der Waals surface area contributed by atoms with Crippen LogP contribution in [0.1, 0.15) is 17.3 Å². The predicted octanol–water partition coefficient (Wildman–Crippen LogP) is 4.03. The summed E-state index contributed by atoms with van der Waals surface area (Å²) >= 11 is 0. The van der Waals surface area contributed by atoms with Crippen molar-refractivity contribution in [2.75, 3.05) is 11.9 Å². The van der Waals surface area contributed by atoms with E-state index in [1.54, 1.807) is 36.4 Å². The maximum atomic E-state index is 13.5. The van der Waals surface area contributed by atoms with E-state index in [1.165, 1.54) is 12.1 Å². The van der Waals surface area contributed by atoms with Crippen molar-refractivity contribution in [3.05, 3.63) is 72.1 Å². The van der Waals surface area contributed by atoms with Gasteiger partial charge in [0.05, 0.1) is 5.69 Å². The van der Waals surface area contributed by atoms with Gasteiger partial charge >= 0.3 is 0 Å². The zero-order valence-electron chi connectivity index (χ0n) is 11.7. The Bertz CT molecular complexity index is 667. The fraction of sp³-hybridized carbons (Fsp3) is 0.118. The van der Waals surface area contributed by atoms with Gasteiger partial charge in [-0.15, -0.1) is 0 Å². The highest BCUT2D eigenvalue weighted by atomic mass is 19.1. The van der Waals surface area contributed by atoms with Gasteiger partial charge in [0.1, 0.15) is 18.2 Å². The number of halogens is 1. The summed E-state index contributed by atoms with van der Waals surface area (Å²) in [5, 5.41) is 2.53. The first-order valence-corrected chi connectivity index (χ1v) is 6.49. The van der Waals surface area contributed by atoms with E-state index < -0.39 is 5.82 Å². The molecule has 0 radical (unpaired) electrons. The Hall–Kier alpha value is -2.62. The summed E-state index contributed by atoms with van der Waals surface area (Å²) in [5.74, 6) is -0.291. The molecule has 108 valence electrons. The molecule has 2 rings (SSSR count). The zero-order chi connectivity index (χ0) is 15.2. The van der Waals surface area contributed by atoms with Crippen LogP contribution in [0.3, 0.4) is 0 Å².